The smallest absolute Gasteiger partial charge is 0.169 e. The van der Waals surface area contributed by atoms with E-state index >= 15 is 0 Å². The van der Waals surface area contributed by atoms with Crippen LogP contribution < -0.4 is 5.32 Å². The van der Waals surface area contributed by atoms with E-state index in [1.54, 1.807) is 18.1 Å². The van der Waals surface area contributed by atoms with E-state index < -0.39 is 0 Å². The maximum Gasteiger partial charge on any atom is 0.169 e. The van der Waals surface area contributed by atoms with Crippen molar-refractivity contribution in [1.29, 1.82) is 0 Å². The van der Waals surface area contributed by atoms with Gasteiger partial charge in [-0.15, -0.1) is 0 Å². The average Bonchev–Trinajstić information content (AvgIpc) is 2.57. The van der Waals surface area contributed by atoms with E-state index in [0.717, 1.165) is 10.1 Å². The fourth-order valence-corrected chi connectivity index (χ4v) is 2.33. The third-order valence-corrected chi connectivity index (χ3v) is 3.44. The van der Waals surface area contributed by atoms with Gasteiger partial charge in [0.2, 0.25) is 0 Å². The first-order valence-electron chi connectivity index (χ1n) is 3.89. The molecule has 1 rings (SSSR count). The van der Waals surface area contributed by atoms with Gasteiger partial charge in [0, 0.05) is 11.8 Å². The minimum Gasteiger partial charge on any atom is -0.317 e. The summed E-state index contributed by atoms with van der Waals surface area (Å²) in [6, 6.07) is 0.588. The Morgan fingerprint density at radius 2 is 2.58 bits per heavy atom. The van der Waals surface area contributed by atoms with Gasteiger partial charge < -0.3 is 5.32 Å². The molecule has 1 unspecified atom stereocenters. The molecular formula is C7H13N3S2. The summed E-state index contributed by atoms with van der Waals surface area (Å²) in [7, 11) is 1.99. The lowest BCUT2D eigenvalue weighted by molar-refractivity contribution is 0.598. The van der Waals surface area contributed by atoms with Crippen LogP contribution >= 0.6 is 23.3 Å². The lowest BCUT2D eigenvalue weighted by Gasteiger charge is -2.07. The summed E-state index contributed by atoms with van der Waals surface area (Å²) in [5.41, 5.74) is 0. The van der Waals surface area contributed by atoms with Crippen molar-refractivity contribution in [2.24, 2.45) is 0 Å². The SMILES string of the molecule is CNC(C)CCSc1ncns1. The molecular weight excluding hydrogens is 190 g/mol. The predicted molar refractivity (Wildman–Crippen MR) is 53.8 cm³/mol. The molecule has 1 aromatic rings. The fraction of sp³-hybridized carbons (Fsp3) is 0.714. The van der Waals surface area contributed by atoms with E-state index in [4.69, 9.17) is 0 Å². The summed E-state index contributed by atoms with van der Waals surface area (Å²) in [6.45, 7) is 2.18. The van der Waals surface area contributed by atoms with Crippen LogP contribution in [0.1, 0.15) is 13.3 Å². The molecule has 1 atom stereocenters. The minimum absolute atomic E-state index is 0.588. The van der Waals surface area contributed by atoms with Crippen LogP contribution in [0.5, 0.6) is 0 Å². The van der Waals surface area contributed by atoms with Gasteiger partial charge in [-0.2, -0.15) is 4.37 Å². The number of hydrogen-bond donors (Lipinski definition) is 1. The van der Waals surface area contributed by atoms with Gasteiger partial charge in [0.1, 0.15) is 6.33 Å². The highest BCUT2D eigenvalue weighted by Gasteiger charge is 2.00. The van der Waals surface area contributed by atoms with Crippen LogP contribution in [0.15, 0.2) is 10.7 Å². The molecule has 1 heterocycles. The summed E-state index contributed by atoms with van der Waals surface area (Å²) in [6.07, 6.45) is 2.77. The molecule has 1 aromatic heterocycles. The molecule has 0 spiro atoms. The number of nitrogens with zero attached hydrogens (tertiary/aromatic N) is 2. The maximum atomic E-state index is 4.09. The molecule has 0 saturated carbocycles. The lowest BCUT2D eigenvalue weighted by Crippen LogP contribution is -2.21. The molecule has 0 amide bonds. The van der Waals surface area contributed by atoms with Gasteiger partial charge in [-0.25, -0.2) is 4.98 Å². The van der Waals surface area contributed by atoms with Crippen molar-refractivity contribution in [1.82, 2.24) is 14.7 Å². The van der Waals surface area contributed by atoms with Gasteiger partial charge in [0.25, 0.3) is 0 Å². The predicted octanol–water partition coefficient (Wildman–Crippen LogP) is 1.63. The first-order valence-corrected chi connectivity index (χ1v) is 5.65. The molecule has 5 heteroatoms. The Morgan fingerprint density at radius 3 is 3.17 bits per heavy atom. The zero-order valence-corrected chi connectivity index (χ0v) is 8.91. The third kappa shape index (κ3) is 3.51. The van der Waals surface area contributed by atoms with Crippen molar-refractivity contribution >= 4 is 23.3 Å². The van der Waals surface area contributed by atoms with Gasteiger partial charge in [0.05, 0.1) is 0 Å². The van der Waals surface area contributed by atoms with Gasteiger partial charge in [0.15, 0.2) is 4.34 Å². The number of aromatic nitrogens is 2. The fourth-order valence-electron chi connectivity index (χ4n) is 0.694. The minimum atomic E-state index is 0.588. The average molecular weight is 203 g/mol. The molecule has 0 fully saturated rings. The van der Waals surface area contributed by atoms with Crippen LogP contribution in [-0.2, 0) is 0 Å². The van der Waals surface area contributed by atoms with Crippen molar-refractivity contribution in [3.8, 4) is 0 Å². The van der Waals surface area contributed by atoms with Gasteiger partial charge in [-0.1, -0.05) is 11.8 Å². The Labute approximate surface area is 81.1 Å². The zero-order chi connectivity index (χ0) is 8.81. The highest BCUT2D eigenvalue weighted by atomic mass is 32.2. The number of rotatable bonds is 5. The molecule has 3 nitrogen and oxygen atoms in total. The van der Waals surface area contributed by atoms with Gasteiger partial charge in [-0.3, -0.25) is 0 Å². The molecule has 0 aliphatic heterocycles. The van der Waals surface area contributed by atoms with Crippen molar-refractivity contribution in [3.63, 3.8) is 0 Å². The highest BCUT2D eigenvalue weighted by molar-refractivity contribution is 8.00. The van der Waals surface area contributed by atoms with Crippen LogP contribution in [0.4, 0.5) is 0 Å². The van der Waals surface area contributed by atoms with Crippen LogP contribution in [0.25, 0.3) is 0 Å². The summed E-state index contributed by atoms with van der Waals surface area (Å²) in [4.78, 5) is 4.09. The highest BCUT2D eigenvalue weighted by Crippen LogP contribution is 2.19. The summed E-state index contributed by atoms with van der Waals surface area (Å²) >= 11 is 3.24. The topological polar surface area (TPSA) is 37.8 Å². The first kappa shape index (κ1) is 9.95. The van der Waals surface area contributed by atoms with E-state index in [1.807, 2.05) is 7.05 Å². The molecule has 0 aromatic carbocycles. The van der Waals surface area contributed by atoms with Crippen LogP contribution in [0.2, 0.25) is 0 Å². The Morgan fingerprint density at radius 1 is 1.75 bits per heavy atom. The first-order chi connectivity index (χ1) is 5.83. The maximum absolute atomic E-state index is 4.09. The second-order valence-corrected chi connectivity index (χ2v) is 4.66. The second kappa shape index (κ2) is 5.50. The van der Waals surface area contributed by atoms with E-state index in [-0.39, 0.29) is 0 Å². The van der Waals surface area contributed by atoms with E-state index in [1.165, 1.54) is 18.0 Å². The molecule has 0 aliphatic rings. The molecule has 1 N–H and O–H groups in total. The normalized spacial score (nSPS) is 13.2. The van der Waals surface area contributed by atoms with Gasteiger partial charge in [-0.05, 0) is 31.9 Å². The molecule has 68 valence electrons. The van der Waals surface area contributed by atoms with Crippen molar-refractivity contribution in [3.05, 3.63) is 6.33 Å². The summed E-state index contributed by atoms with van der Waals surface area (Å²) in [5, 5.41) is 3.20. The van der Waals surface area contributed by atoms with E-state index in [0.29, 0.717) is 6.04 Å². The van der Waals surface area contributed by atoms with Crippen molar-refractivity contribution in [2.45, 2.75) is 23.7 Å². The Bertz CT molecular complexity index is 200. The monoisotopic (exact) mass is 203 g/mol. The third-order valence-electron chi connectivity index (χ3n) is 1.61. The molecule has 0 aliphatic carbocycles. The number of nitrogens with one attached hydrogen (secondary N) is 1. The lowest BCUT2D eigenvalue weighted by atomic mass is 10.3. The number of hydrogen-bond acceptors (Lipinski definition) is 5. The van der Waals surface area contributed by atoms with Crippen LogP contribution in [-0.4, -0.2) is 28.2 Å². The molecule has 0 saturated heterocycles. The van der Waals surface area contributed by atoms with Crippen LogP contribution in [0, 0.1) is 0 Å². The standard InChI is InChI=1S/C7H13N3S2/c1-6(8-2)3-4-11-7-9-5-10-12-7/h5-6,8H,3-4H2,1-2H3. The summed E-state index contributed by atoms with van der Waals surface area (Å²) in [5.74, 6) is 1.11. The quantitative estimate of drug-likeness (QED) is 0.738. The largest absolute Gasteiger partial charge is 0.317 e. The van der Waals surface area contributed by atoms with Crippen molar-refractivity contribution in [2.75, 3.05) is 12.8 Å². The second-order valence-electron chi connectivity index (χ2n) is 2.53. The van der Waals surface area contributed by atoms with E-state index in [9.17, 15) is 0 Å². The van der Waals surface area contributed by atoms with Crippen molar-refractivity contribution < 1.29 is 0 Å². The van der Waals surface area contributed by atoms with Crippen LogP contribution in [0.3, 0.4) is 0 Å². The Balaban J connectivity index is 2.11. The molecule has 0 radical (unpaired) electrons. The zero-order valence-electron chi connectivity index (χ0n) is 7.28. The number of thioether (sulfide) groups is 1. The Hall–Kier alpha value is -0.130. The van der Waals surface area contributed by atoms with Gasteiger partial charge >= 0.3 is 0 Å². The molecule has 12 heavy (non-hydrogen) atoms. The molecule has 0 bridgehead atoms. The Kier molecular flexibility index (Phi) is 4.57. The van der Waals surface area contributed by atoms with E-state index in [2.05, 4.69) is 21.6 Å². The summed E-state index contributed by atoms with van der Waals surface area (Å²) < 4.78 is 5.00.